The lowest BCUT2D eigenvalue weighted by Crippen LogP contribution is -2.27. The second kappa shape index (κ2) is 4.88. The average Bonchev–Trinajstić information content (AvgIpc) is 2.09. The van der Waals surface area contributed by atoms with Crippen LogP contribution >= 0.6 is 12.2 Å². The summed E-state index contributed by atoms with van der Waals surface area (Å²) in [7, 11) is -4.11. The third kappa shape index (κ3) is 3.86. The second-order valence-corrected chi connectivity index (χ2v) is 5.32. The van der Waals surface area contributed by atoms with Crippen LogP contribution in [0.25, 0.3) is 0 Å². The van der Waals surface area contributed by atoms with Crippen molar-refractivity contribution >= 4 is 32.9 Å². The minimum atomic E-state index is -4.11. The Morgan fingerprint density at radius 1 is 1.29 bits per heavy atom. The fourth-order valence-corrected chi connectivity index (χ4v) is 2.44. The fourth-order valence-electron chi connectivity index (χ4n) is 1.02. The maximum Gasteiger partial charge on any atom is 0.239 e. The third-order valence-corrected chi connectivity index (χ3v) is 3.13. The first-order chi connectivity index (χ1) is 7.71. The van der Waals surface area contributed by atoms with Crippen molar-refractivity contribution in [3.05, 3.63) is 29.6 Å². The average molecular weight is 284 g/mol. The van der Waals surface area contributed by atoms with Gasteiger partial charge in [0.25, 0.3) is 0 Å². The fraction of sp³-hybridized carbons (Fsp3) is 0.125. The molecule has 0 fully saturated rings. The van der Waals surface area contributed by atoms with Gasteiger partial charge in [0, 0.05) is 12.1 Å². The van der Waals surface area contributed by atoms with Crippen molar-refractivity contribution in [1.82, 2.24) is 0 Å². The molecule has 0 spiro atoms. The number of sulfonamides is 1. The van der Waals surface area contributed by atoms with E-state index in [1.54, 1.807) is 4.72 Å². The van der Waals surface area contributed by atoms with E-state index in [9.17, 15) is 21.6 Å². The Balaban J connectivity index is 3.08. The third-order valence-electron chi connectivity index (χ3n) is 1.60. The van der Waals surface area contributed by atoms with Crippen molar-refractivity contribution in [3.8, 4) is 0 Å². The molecule has 0 amide bonds. The Kier molecular flexibility index (Phi) is 3.94. The molecule has 17 heavy (non-hydrogen) atoms. The van der Waals surface area contributed by atoms with Gasteiger partial charge in [0.2, 0.25) is 10.0 Å². The minimum absolute atomic E-state index is 0.349. The lowest BCUT2D eigenvalue weighted by atomic mass is 10.3. The van der Waals surface area contributed by atoms with Gasteiger partial charge in [0.15, 0.2) is 11.6 Å². The van der Waals surface area contributed by atoms with Gasteiger partial charge in [0.05, 0.1) is 4.99 Å². The molecule has 1 rings (SSSR count). The summed E-state index contributed by atoms with van der Waals surface area (Å²) < 4.78 is 63.0. The van der Waals surface area contributed by atoms with E-state index in [4.69, 9.17) is 5.73 Å². The molecule has 1 aromatic rings. The molecule has 0 atom stereocenters. The topological polar surface area (TPSA) is 72.2 Å². The van der Waals surface area contributed by atoms with E-state index in [0.29, 0.717) is 12.1 Å². The van der Waals surface area contributed by atoms with E-state index in [0.717, 1.165) is 0 Å². The zero-order valence-electron chi connectivity index (χ0n) is 8.21. The quantitative estimate of drug-likeness (QED) is 0.813. The van der Waals surface area contributed by atoms with Crippen molar-refractivity contribution in [1.29, 1.82) is 0 Å². The molecule has 0 aliphatic heterocycles. The van der Waals surface area contributed by atoms with Crippen LogP contribution in [0.1, 0.15) is 0 Å². The largest absolute Gasteiger partial charge is 0.392 e. The van der Waals surface area contributed by atoms with E-state index in [1.807, 2.05) is 0 Å². The maximum absolute atomic E-state index is 13.1. The van der Waals surface area contributed by atoms with Gasteiger partial charge in [-0.1, -0.05) is 12.2 Å². The van der Waals surface area contributed by atoms with E-state index in [-0.39, 0.29) is 4.99 Å². The summed E-state index contributed by atoms with van der Waals surface area (Å²) in [5.41, 5.74) is 4.03. The molecule has 0 aromatic heterocycles. The summed E-state index contributed by atoms with van der Waals surface area (Å²) in [5, 5.41) is 0. The standard InChI is InChI=1S/C8H7F3N2O2S2/c9-4-1-5(10)8(6(11)2-4)13-17(14,15)3-7(12)16/h1-2,13H,3H2,(H2,12,16). The van der Waals surface area contributed by atoms with Gasteiger partial charge in [-0.15, -0.1) is 0 Å². The maximum atomic E-state index is 13.1. The highest BCUT2D eigenvalue weighted by Gasteiger charge is 2.18. The molecule has 0 unspecified atom stereocenters. The molecule has 0 heterocycles. The Hall–Kier alpha value is -1.35. The Labute approximate surface area is 101 Å². The predicted molar refractivity (Wildman–Crippen MR) is 60.5 cm³/mol. The highest BCUT2D eigenvalue weighted by Crippen LogP contribution is 2.21. The lowest BCUT2D eigenvalue weighted by molar-refractivity contribution is 0.547. The minimum Gasteiger partial charge on any atom is -0.392 e. The summed E-state index contributed by atoms with van der Waals surface area (Å²) in [6, 6.07) is 0.698. The highest BCUT2D eigenvalue weighted by molar-refractivity contribution is 7.95. The molecule has 4 nitrogen and oxygen atoms in total. The monoisotopic (exact) mass is 284 g/mol. The lowest BCUT2D eigenvalue weighted by Gasteiger charge is -2.09. The number of nitrogens with two attached hydrogens (primary N) is 1. The molecule has 0 aliphatic rings. The molecule has 0 radical (unpaired) electrons. The molecule has 3 N–H and O–H groups in total. The van der Waals surface area contributed by atoms with E-state index >= 15 is 0 Å². The normalized spacial score (nSPS) is 11.2. The van der Waals surface area contributed by atoms with Gasteiger partial charge in [-0.05, 0) is 0 Å². The zero-order chi connectivity index (χ0) is 13.2. The number of rotatable bonds is 4. The molecule has 9 heteroatoms. The van der Waals surface area contributed by atoms with E-state index in [1.165, 1.54) is 0 Å². The van der Waals surface area contributed by atoms with Crippen molar-refractivity contribution < 1.29 is 21.6 Å². The van der Waals surface area contributed by atoms with Crippen LogP contribution in [0.5, 0.6) is 0 Å². The highest BCUT2D eigenvalue weighted by atomic mass is 32.2. The summed E-state index contributed by atoms with van der Waals surface area (Å²) in [6.07, 6.45) is 0. The van der Waals surface area contributed by atoms with Gasteiger partial charge >= 0.3 is 0 Å². The zero-order valence-corrected chi connectivity index (χ0v) is 9.84. The summed E-state index contributed by atoms with van der Waals surface area (Å²) in [5.74, 6) is -4.65. The number of hydrogen-bond donors (Lipinski definition) is 2. The molecule has 0 saturated heterocycles. The predicted octanol–water partition coefficient (Wildman–Crippen LogP) is 1.13. The Morgan fingerprint density at radius 3 is 2.18 bits per heavy atom. The Morgan fingerprint density at radius 2 is 1.76 bits per heavy atom. The number of anilines is 1. The van der Waals surface area contributed by atoms with Crippen LogP contribution in [0.4, 0.5) is 18.9 Å². The van der Waals surface area contributed by atoms with Crippen LogP contribution in [-0.2, 0) is 10.0 Å². The van der Waals surface area contributed by atoms with Crippen LogP contribution in [-0.4, -0.2) is 19.2 Å². The second-order valence-electron chi connectivity index (χ2n) is 3.07. The van der Waals surface area contributed by atoms with Gasteiger partial charge in [0.1, 0.15) is 17.3 Å². The SMILES string of the molecule is NC(=S)CS(=O)(=O)Nc1c(F)cc(F)cc1F. The number of hydrogen-bond acceptors (Lipinski definition) is 3. The van der Waals surface area contributed by atoms with Gasteiger partial charge < -0.3 is 5.73 Å². The smallest absolute Gasteiger partial charge is 0.239 e. The van der Waals surface area contributed by atoms with Crippen LogP contribution < -0.4 is 10.5 Å². The van der Waals surface area contributed by atoms with Crippen molar-refractivity contribution in [2.45, 2.75) is 0 Å². The summed E-state index contributed by atoms with van der Waals surface area (Å²) in [6.45, 7) is 0. The van der Waals surface area contributed by atoms with Crippen molar-refractivity contribution in [2.24, 2.45) is 5.73 Å². The van der Waals surface area contributed by atoms with Gasteiger partial charge in [-0.25, -0.2) is 21.6 Å². The number of nitrogens with one attached hydrogen (secondary N) is 1. The molecule has 0 bridgehead atoms. The first-order valence-electron chi connectivity index (χ1n) is 4.14. The number of halogens is 3. The molecule has 94 valence electrons. The molecular formula is C8H7F3N2O2S2. The summed E-state index contributed by atoms with van der Waals surface area (Å²) >= 11 is 4.36. The van der Waals surface area contributed by atoms with E-state index < -0.39 is 38.9 Å². The first-order valence-corrected chi connectivity index (χ1v) is 6.20. The van der Waals surface area contributed by atoms with Crippen LogP contribution in [0, 0.1) is 17.5 Å². The van der Waals surface area contributed by atoms with Crippen LogP contribution in [0.3, 0.4) is 0 Å². The molecule has 1 aromatic carbocycles. The molecular weight excluding hydrogens is 277 g/mol. The van der Waals surface area contributed by atoms with Crippen LogP contribution in [0.15, 0.2) is 12.1 Å². The summed E-state index contributed by atoms with van der Waals surface area (Å²) in [4.78, 5) is -0.361. The molecule has 0 saturated carbocycles. The number of thiocarbonyl (C=S) groups is 1. The van der Waals surface area contributed by atoms with Crippen LogP contribution in [0.2, 0.25) is 0 Å². The van der Waals surface area contributed by atoms with Crippen molar-refractivity contribution in [2.75, 3.05) is 10.5 Å². The van der Waals surface area contributed by atoms with Gasteiger partial charge in [-0.3, -0.25) is 4.72 Å². The van der Waals surface area contributed by atoms with Gasteiger partial charge in [-0.2, -0.15) is 0 Å². The molecule has 0 aliphatic carbocycles. The Bertz CT molecular complexity index is 537. The van der Waals surface area contributed by atoms with E-state index in [2.05, 4.69) is 12.2 Å². The number of benzene rings is 1. The first kappa shape index (κ1) is 13.7. The van der Waals surface area contributed by atoms with Crippen molar-refractivity contribution in [3.63, 3.8) is 0 Å².